The fourth-order valence-electron chi connectivity index (χ4n) is 2.00. The van der Waals surface area contributed by atoms with E-state index in [1.807, 2.05) is 7.05 Å². The van der Waals surface area contributed by atoms with E-state index in [0.717, 1.165) is 12.2 Å². The topological polar surface area (TPSA) is 43.7 Å². The lowest BCUT2D eigenvalue weighted by Gasteiger charge is -2.26. The Kier molecular flexibility index (Phi) is 6.86. The molecule has 2 N–H and O–H groups in total. The third kappa shape index (κ3) is 4.80. The van der Waals surface area contributed by atoms with Gasteiger partial charge in [0.15, 0.2) is 0 Å². The van der Waals surface area contributed by atoms with E-state index in [4.69, 9.17) is 10.0 Å². The van der Waals surface area contributed by atoms with Crippen molar-refractivity contribution in [3.63, 3.8) is 0 Å². The molecule has 0 saturated carbocycles. The second kappa shape index (κ2) is 7.90. The van der Waals surface area contributed by atoms with E-state index in [-0.39, 0.29) is 5.46 Å². The van der Waals surface area contributed by atoms with Gasteiger partial charge in [0.25, 0.3) is 0 Å². The van der Waals surface area contributed by atoms with Crippen molar-refractivity contribution in [3.8, 4) is 0 Å². The Morgan fingerprint density at radius 1 is 1.42 bits per heavy atom. The van der Waals surface area contributed by atoms with Crippen molar-refractivity contribution in [2.75, 3.05) is 19.1 Å². The van der Waals surface area contributed by atoms with Crippen LogP contribution in [-0.2, 0) is 6.54 Å². The first-order chi connectivity index (χ1) is 8.99. The minimum Gasteiger partial charge on any atom is -0.423 e. The number of halogens is 1. The van der Waals surface area contributed by atoms with Gasteiger partial charge in [0.2, 0.25) is 0 Å². The molecule has 0 radical (unpaired) electrons. The van der Waals surface area contributed by atoms with Gasteiger partial charge in [-0.1, -0.05) is 19.1 Å². The lowest BCUT2D eigenvalue weighted by Crippen LogP contribution is -2.34. The second-order valence-corrected chi connectivity index (χ2v) is 5.57. The van der Waals surface area contributed by atoms with Crippen molar-refractivity contribution in [2.45, 2.75) is 25.9 Å². The summed E-state index contributed by atoms with van der Waals surface area (Å²) in [5.74, 6) is 0.624. The maximum atomic E-state index is 13.9. The SMILES string of the molecule is CCC(CSC)N(C)Cc1ccc(B(O)O)cc1F. The summed E-state index contributed by atoms with van der Waals surface area (Å²) in [5, 5.41) is 18.0. The molecule has 19 heavy (non-hydrogen) atoms. The predicted octanol–water partition coefficient (Wildman–Crippen LogP) is 1.08. The van der Waals surface area contributed by atoms with Gasteiger partial charge < -0.3 is 10.0 Å². The third-order valence-corrected chi connectivity index (χ3v) is 3.97. The van der Waals surface area contributed by atoms with Crippen LogP contribution in [0.1, 0.15) is 18.9 Å². The smallest absolute Gasteiger partial charge is 0.423 e. The molecule has 1 rings (SSSR count). The Labute approximate surface area is 119 Å². The lowest BCUT2D eigenvalue weighted by atomic mass is 9.80. The van der Waals surface area contributed by atoms with Crippen LogP contribution in [0.15, 0.2) is 18.2 Å². The first-order valence-corrected chi connectivity index (χ1v) is 7.72. The average Bonchev–Trinajstić information content (AvgIpc) is 2.37. The van der Waals surface area contributed by atoms with Crippen molar-refractivity contribution in [1.82, 2.24) is 4.90 Å². The van der Waals surface area contributed by atoms with Crippen molar-refractivity contribution in [1.29, 1.82) is 0 Å². The number of nitrogens with zero attached hydrogens (tertiary/aromatic N) is 1. The van der Waals surface area contributed by atoms with E-state index in [1.165, 1.54) is 6.07 Å². The van der Waals surface area contributed by atoms with Gasteiger partial charge in [-0.2, -0.15) is 11.8 Å². The summed E-state index contributed by atoms with van der Waals surface area (Å²) in [6.07, 6.45) is 3.08. The Balaban J connectivity index is 2.76. The molecule has 1 aromatic rings. The number of hydrogen-bond donors (Lipinski definition) is 2. The highest BCUT2D eigenvalue weighted by atomic mass is 32.2. The number of thioether (sulfide) groups is 1. The van der Waals surface area contributed by atoms with Crippen molar-refractivity contribution < 1.29 is 14.4 Å². The van der Waals surface area contributed by atoms with Crippen LogP contribution in [0.2, 0.25) is 0 Å². The van der Waals surface area contributed by atoms with Crippen LogP contribution in [0, 0.1) is 5.82 Å². The maximum Gasteiger partial charge on any atom is 0.488 e. The van der Waals surface area contributed by atoms with Gasteiger partial charge in [0.1, 0.15) is 5.82 Å². The highest BCUT2D eigenvalue weighted by molar-refractivity contribution is 7.98. The number of hydrogen-bond acceptors (Lipinski definition) is 4. The summed E-state index contributed by atoms with van der Waals surface area (Å²) in [5.41, 5.74) is 0.756. The quantitative estimate of drug-likeness (QED) is 0.736. The molecule has 0 heterocycles. The van der Waals surface area contributed by atoms with Crippen LogP contribution in [-0.4, -0.2) is 47.2 Å². The van der Waals surface area contributed by atoms with E-state index in [9.17, 15) is 4.39 Å². The number of rotatable bonds is 7. The van der Waals surface area contributed by atoms with Gasteiger partial charge in [-0.3, -0.25) is 4.90 Å². The summed E-state index contributed by atoms with van der Waals surface area (Å²) in [7, 11) is 0.361. The first kappa shape index (κ1) is 16.5. The molecule has 1 atom stereocenters. The molecule has 0 amide bonds. The van der Waals surface area contributed by atoms with Gasteiger partial charge in [0, 0.05) is 23.9 Å². The van der Waals surface area contributed by atoms with E-state index >= 15 is 0 Å². The highest BCUT2D eigenvalue weighted by Crippen LogP contribution is 2.14. The molecule has 0 aliphatic rings. The molecule has 6 heteroatoms. The normalized spacial score (nSPS) is 12.8. The van der Waals surface area contributed by atoms with Crippen molar-refractivity contribution in [3.05, 3.63) is 29.6 Å². The first-order valence-electron chi connectivity index (χ1n) is 6.33. The van der Waals surface area contributed by atoms with Crippen LogP contribution >= 0.6 is 11.8 Å². The van der Waals surface area contributed by atoms with E-state index in [0.29, 0.717) is 18.2 Å². The van der Waals surface area contributed by atoms with Crippen molar-refractivity contribution >= 4 is 24.3 Å². The van der Waals surface area contributed by atoms with E-state index in [1.54, 1.807) is 23.9 Å². The lowest BCUT2D eigenvalue weighted by molar-refractivity contribution is 0.244. The Morgan fingerprint density at radius 3 is 2.58 bits per heavy atom. The molecule has 3 nitrogen and oxygen atoms in total. The molecule has 0 aromatic heterocycles. The van der Waals surface area contributed by atoms with Gasteiger partial charge in [0.05, 0.1) is 0 Å². The standard InChI is InChI=1S/C13H21BFNO2S/c1-4-12(9-19-3)16(2)8-10-5-6-11(14(17)18)7-13(10)15/h5-7,12,17-18H,4,8-9H2,1-3H3. The fourth-order valence-corrected chi connectivity index (χ4v) is 2.87. The maximum absolute atomic E-state index is 13.9. The monoisotopic (exact) mass is 285 g/mol. The molecule has 0 spiro atoms. The zero-order valence-corrected chi connectivity index (χ0v) is 12.5. The van der Waals surface area contributed by atoms with Gasteiger partial charge in [-0.05, 0) is 31.3 Å². The third-order valence-electron chi connectivity index (χ3n) is 3.25. The average molecular weight is 285 g/mol. The second-order valence-electron chi connectivity index (χ2n) is 4.66. The molecule has 0 aliphatic heterocycles. The highest BCUT2D eigenvalue weighted by Gasteiger charge is 2.17. The summed E-state index contributed by atoms with van der Waals surface area (Å²) >= 11 is 1.78. The van der Waals surface area contributed by atoms with Crippen LogP contribution in [0.4, 0.5) is 4.39 Å². The van der Waals surface area contributed by atoms with Crippen LogP contribution in [0.25, 0.3) is 0 Å². The molecule has 106 valence electrons. The van der Waals surface area contributed by atoms with E-state index < -0.39 is 12.9 Å². The Morgan fingerprint density at radius 2 is 2.11 bits per heavy atom. The summed E-state index contributed by atoms with van der Waals surface area (Å²) in [6, 6.07) is 4.76. The van der Waals surface area contributed by atoms with Gasteiger partial charge in [-0.15, -0.1) is 0 Å². The molecule has 1 aromatic carbocycles. The van der Waals surface area contributed by atoms with Crippen molar-refractivity contribution in [2.24, 2.45) is 0 Å². The zero-order chi connectivity index (χ0) is 14.4. The predicted molar refractivity (Wildman–Crippen MR) is 80.2 cm³/mol. The number of benzene rings is 1. The van der Waals surface area contributed by atoms with Crippen LogP contribution in [0.5, 0.6) is 0 Å². The Bertz CT molecular complexity index is 406. The minimum absolute atomic E-state index is 0.181. The summed E-state index contributed by atoms with van der Waals surface area (Å²) in [6.45, 7) is 2.64. The van der Waals surface area contributed by atoms with E-state index in [2.05, 4.69) is 18.1 Å². The molecule has 0 fully saturated rings. The van der Waals surface area contributed by atoms with Crippen LogP contribution < -0.4 is 5.46 Å². The van der Waals surface area contributed by atoms with Gasteiger partial charge in [-0.25, -0.2) is 4.39 Å². The Hall–Kier alpha value is -0.555. The molecule has 0 aliphatic carbocycles. The minimum atomic E-state index is -1.62. The summed E-state index contributed by atoms with van der Waals surface area (Å²) in [4.78, 5) is 2.13. The molecule has 0 bridgehead atoms. The molecular weight excluding hydrogens is 264 g/mol. The molecular formula is C13H21BFNO2S. The van der Waals surface area contributed by atoms with Gasteiger partial charge >= 0.3 is 7.12 Å². The fraction of sp³-hybridized carbons (Fsp3) is 0.538. The summed E-state index contributed by atoms with van der Waals surface area (Å²) < 4.78 is 13.9. The zero-order valence-electron chi connectivity index (χ0n) is 11.6. The van der Waals surface area contributed by atoms with Crippen LogP contribution in [0.3, 0.4) is 0 Å². The molecule has 1 unspecified atom stereocenters. The largest absolute Gasteiger partial charge is 0.488 e. The molecule has 0 saturated heterocycles.